The molecule has 0 saturated carbocycles. The summed E-state index contributed by atoms with van der Waals surface area (Å²) in [5.74, 6) is 0.462. The average molecular weight is 261 g/mol. The molecule has 5 nitrogen and oxygen atoms in total. The number of esters is 1. The van der Waals surface area contributed by atoms with E-state index in [4.69, 9.17) is 9.47 Å². The van der Waals surface area contributed by atoms with E-state index in [0.717, 1.165) is 5.75 Å². The van der Waals surface area contributed by atoms with E-state index in [1.54, 1.807) is 32.5 Å². The first-order valence-corrected chi connectivity index (χ1v) is 6.90. The number of ether oxygens (including phenoxy) is 2. The maximum atomic E-state index is 11.8. The van der Waals surface area contributed by atoms with Crippen LogP contribution >= 0.6 is 11.8 Å². The molecular formula is C11H19NO4S. The van der Waals surface area contributed by atoms with Crippen LogP contribution in [0.5, 0.6) is 0 Å². The van der Waals surface area contributed by atoms with E-state index >= 15 is 0 Å². The quantitative estimate of drug-likeness (QED) is 0.726. The van der Waals surface area contributed by atoms with Crippen LogP contribution in [0.1, 0.15) is 27.2 Å². The molecule has 1 aliphatic heterocycles. The summed E-state index contributed by atoms with van der Waals surface area (Å²) in [5, 5.41) is 0. The van der Waals surface area contributed by atoms with Crippen molar-refractivity contribution in [3.8, 4) is 0 Å². The lowest BCUT2D eigenvalue weighted by atomic mass is 10.2. The Bertz CT molecular complexity index is 300. The minimum Gasteiger partial charge on any atom is -0.444 e. The second-order valence-corrected chi connectivity index (χ2v) is 5.83. The summed E-state index contributed by atoms with van der Waals surface area (Å²) in [6.07, 6.45) is 2.06. The topological polar surface area (TPSA) is 55.8 Å². The molecule has 1 rings (SSSR count). The number of nitrogens with zero attached hydrogens (tertiary/aromatic N) is 1. The third-order valence-corrected chi connectivity index (χ3v) is 2.86. The summed E-state index contributed by atoms with van der Waals surface area (Å²) < 4.78 is 10.1. The predicted molar refractivity (Wildman–Crippen MR) is 65.8 cm³/mol. The van der Waals surface area contributed by atoms with Gasteiger partial charge in [-0.3, -0.25) is 4.90 Å². The van der Waals surface area contributed by atoms with Crippen molar-refractivity contribution in [2.24, 2.45) is 0 Å². The average Bonchev–Trinajstić information content (AvgIpc) is 2.54. The number of carbonyl (C=O) groups is 2. The first-order valence-electron chi connectivity index (χ1n) is 5.50. The Morgan fingerprint density at radius 3 is 2.76 bits per heavy atom. The molecule has 6 heteroatoms. The summed E-state index contributed by atoms with van der Waals surface area (Å²) in [7, 11) is 0. The predicted octanol–water partition coefficient (Wildman–Crippen LogP) is 1.86. The van der Waals surface area contributed by atoms with Gasteiger partial charge in [-0.1, -0.05) is 0 Å². The highest BCUT2D eigenvalue weighted by atomic mass is 32.2. The van der Waals surface area contributed by atoms with Crippen LogP contribution in [0.3, 0.4) is 0 Å². The van der Waals surface area contributed by atoms with Crippen LogP contribution in [-0.2, 0) is 14.3 Å². The fourth-order valence-electron chi connectivity index (χ4n) is 1.45. The molecule has 1 amide bonds. The fourth-order valence-corrected chi connectivity index (χ4v) is 1.91. The van der Waals surface area contributed by atoms with Gasteiger partial charge in [0.25, 0.3) is 0 Å². The highest BCUT2D eigenvalue weighted by Crippen LogP contribution is 2.20. The van der Waals surface area contributed by atoms with Gasteiger partial charge in [0, 0.05) is 0 Å². The Hall–Kier alpha value is -0.910. The zero-order valence-electron chi connectivity index (χ0n) is 10.7. The van der Waals surface area contributed by atoms with Gasteiger partial charge in [0.15, 0.2) is 6.73 Å². The molecule has 0 aliphatic carbocycles. The molecule has 1 aliphatic rings. The lowest BCUT2D eigenvalue weighted by molar-refractivity contribution is -0.139. The lowest BCUT2D eigenvalue weighted by Gasteiger charge is -2.25. The van der Waals surface area contributed by atoms with E-state index in [2.05, 4.69) is 0 Å². The fraction of sp³-hybridized carbons (Fsp3) is 0.818. The minimum absolute atomic E-state index is 0.00715. The summed E-state index contributed by atoms with van der Waals surface area (Å²) >= 11 is 1.63. The van der Waals surface area contributed by atoms with Crippen molar-refractivity contribution in [1.29, 1.82) is 0 Å². The Labute approximate surface area is 106 Å². The van der Waals surface area contributed by atoms with Crippen LogP contribution in [-0.4, -0.2) is 47.3 Å². The van der Waals surface area contributed by atoms with Gasteiger partial charge < -0.3 is 9.47 Å². The van der Waals surface area contributed by atoms with Crippen molar-refractivity contribution >= 4 is 23.8 Å². The largest absolute Gasteiger partial charge is 0.444 e. The minimum atomic E-state index is -0.563. The monoisotopic (exact) mass is 261 g/mol. The molecule has 1 atom stereocenters. The van der Waals surface area contributed by atoms with Gasteiger partial charge in [-0.25, -0.2) is 9.59 Å². The van der Waals surface area contributed by atoms with E-state index in [-0.39, 0.29) is 12.7 Å². The maximum absolute atomic E-state index is 11.8. The van der Waals surface area contributed by atoms with Gasteiger partial charge in [0.1, 0.15) is 11.6 Å². The van der Waals surface area contributed by atoms with E-state index in [1.165, 1.54) is 4.90 Å². The van der Waals surface area contributed by atoms with Gasteiger partial charge in [-0.05, 0) is 39.2 Å². The van der Waals surface area contributed by atoms with Crippen LogP contribution in [0.25, 0.3) is 0 Å². The van der Waals surface area contributed by atoms with Crippen LogP contribution in [0.15, 0.2) is 0 Å². The van der Waals surface area contributed by atoms with Crippen LogP contribution in [0, 0.1) is 0 Å². The number of thioether (sulfide) groups is 1. The SMILES string of the molecule is CSCC[C@H]1C(=O)OCN1C(=O)OC(C)(C)C. The summed E-state index contributed by atoms with van der Waals surface area (Å²) in [6, 6.07) is -0.503. The van der Waals surface area contributed by atoms with Crippen LogP contribution < -0.4 is 0 Å². The normalized spacial score (nSPS) is 20.4. The van der Waals surface area contributed by atoms with Crippen molar-refractivity contribution in [1.82, 2.24) is 4.90 Å². The number of hydrogen-bond donors (Lipinski definition) is 0. The molecule has 1 saturated heterocycles. The number of cyclic esters (lactones) is 1. The second kappa shape index (κ2) is 5.62. The Kier molecular flexibility index (Phi) is 4.68. The lowest BCUT2D eigenvalue weighted by Crippen LogP contribution is -2.41. The molecule has 0 aromatic rings. The summed E-state index contributed by atoms with van der Waals surface area (Å²) in [4.78, 5) is 24.7. The Balaban J connectivity index is 2.62. The zero-order valence-corrected chi connectivity index (χ0v) is 11.5. The van der Waals surface area contributed by atoms with Crippen molar-refractivity contribution in [2.75, 3.05) is 18.7 Å². The Morgan fingerprint density at radius 2 is 2.24 bits per heavy atom. The summed E-state index contributed by atoms with van der Waals surface area (Å²) in [5.41, 5.74) is -0.563. The molecule has 0 aromatic heterocycles. The molecule has 0 unspecified atom stereocenters. The number of rotatable bonds is 3. The third kappa shape index (κ3) is 4.11. The first kappa shape index (κ1) is 14.2. The van der Waals surface area contributed by atoms with E-state index in [9.17, 15) is 9.59 Å². The van der Waals surface area contributed by atoms with E-state index < -0.39 is 17.7 Å². The van der Waals surface area contributed by atoms with Crippen LogP contribution in [0.4, 0.5) is 4.79 Å². The number of carbonyl (C=O) groups excluding carboxylic acids is 2. The highest BCUT2D eigenvalue weighted by molar-refractivity contribution is 7.98. The van der Waals surface area contributed by atoms with Crippen LogP contribution in [0.2, 0.25) is 0 Å². The van der Waals surface area contributed by atoms with Gasteiger partial charge in [-0.15, -0.1) is 0 Å². The number of amides is 1. The molecule has 1 heterocycles. The molecule has 17 heavy (non-hydrogen) atoms. The molecule has 0 aromatic carbocycles. The van der Waals surface area contributed by atoms with Crippen molar-refractivity contribution < 1.29 is 19.1 Å². The molecular weight excluding hydrogens is 242 g/mol. The zero-order chi connectivity index (χ0) is 13.1. The highest BCUT2D eigenvalue weighted by Gasteiger charge is 2.39. The van der Waals surface area contributed by atoms with Crippen molar-refractivity contribution in [3.63, 3.8) is 0 Å². The maximum Gasteiger partial charge on any atom is 0.413 e. The molecule has 1 fully saturated rings. The third-order valence-electron chi connectivity index (χ3n) is 2.22. The molecule has 0 spiro atoms. The van der Waals surface area contributed by atoms with Gasteiger partial charge in [0.05, 0.1) is 0 Å². The van der Waals surface area contributed by atoms with E-state index in [1.807, 2.05) is 6.26 Å². The standard InChI is InChI=1S/C11H19NO4S/c1-11(2,3)16-10(14)12-7-15-9(13)8(12)5-6-17-4/h8H,5-7H2,1-4H3/t8-/m0/s1. The van der Waals surface area contributed by atoms with Crippen molar-refractivity contribution in [3.05, 3.63) is 0 Å². The number of hydrogen-bond acceptors (Lipinski definition) is 5. The second-order valence-electron chi connectivity index (χ2n) is 4.84. The molecule has 0 radical (unpaired) electrons. The smallest absolute Gasteiger partial charge is 0.413 e. The van der Waals surface area contributed by atoms with Gasteiger partial charge in [-0.2, -0.15) is 11.8 Å². The van der Waals surface area contributed by atoms with Gasteiger partial charge in [0.2, 0.25) is 0 Å². The molecule has 98 valence electrons. The molecule has 0 N–H and O–H groups in total. The van der Waals surface area contributed by atoms with Crippen molar-refractivity contribution in [2.45, 2.75) is 38.8 Å². The summed E-state index contributed by atoms with van der Waals surface area (Å²) in [6.45, 7) is 5.37. The molecule has 0 bridgehead atoms. The van der Waals surface area contributed by atoms with E-state index in [0.29, 0.717) is 6.42 Å². The van der Waals surface area contributed by atoms with Gasteiger partial charge >= 0.3 is 12.1 Å². The first-order chi connectivity index (χ1) is 7.85. The Morgan fingerprint density at radius 1 is 1.59 bits per heavy atom.